The van der Waals surface area contributed by atoms with Gasteiger partial charge in [-0.25, -0.2) is 9.97 Å². The SMILES string of the molecule is COCCN1CCN(c2cccc(CC(C)(C)C(=O)NCc3cnc(C#N)nc3NCC(C)(C)C)c2)CC1. The zero-order chi connectivity index (χ0) is 27.8. The average Bonchev–Trinajstić information content (AvgIpc) is 2.89. The van der Waals surface area contributed by atoms with Crippen molar-refractivity contribution in [1.82, 2.24) is 20.2 Å². The standard InChI is InChI=1S/C29H43N7O2/c1-28(2,3)21-33-26-23(19-31-25(18-30)34-26)20-32-27(37)29(4,5)17-22-8-7-9-24(16-22)36-12-10-35(11-13-36)14-15-38-6/h7-9,16,19H,10-15,17,20-21H2,1-6H3,(H,32,37)(H,31,33,34). The number of carbonyl (C=O) groups excluding carboxylic acids is 1. The maximum absolute atomic E-state index is 13.3. The molecule has 2 aromatic rings. The van der Waals surface area contributed by atoms with Crippen LogP contribution in [-0.4, -0.2) is 73.8 Å². The minimum Gasteiger partial charge on any atom is -0.383 e. The first-order valence-corrected chi connectivity index (χ1v) is 13.3. The van der Waals surface area contributed by atoms with Crippen LogP contribution in [0.5, 0.6) is 0 Å². The Hall–Kier alpha value is -3.22. The average molecular weight is 522 g/mol. The predicted octanol–water partition coefficient (Wildman–Crippen LogP) is 3.46. The van der Waals surface area contributed by atoms with Gasteiger partial charge in [-0.2, -0.15) is 5.26 Å². The van der Waals surface area contributed by atoms with Crippen LogP contribution in [-0.2, 0) is 22.5 Å². The fourth-order valence-electron chi connectivity index (χ4n) is 4.41. The van der Waals surface area contributed by atoms with Crippen molar-refractivity contribution >= 4 is 17.4 Å². The van der Waals surface area contributed by atoms with Gasteiger partial charge in [-0.15, -0.1) is 0 Å². The van der Waals surface area contributed by atoms with E-state index in [0.29, 0.717) is 18.8 Å². The zero-order valence-corrected chi connectivity index (χ0v) is 23.8. The number of nitrogens with one attached hydrogen (secondary N) is 2. The van der Waals surface area contributed by atoms with E-state index >= 15 is 0 Å². The minimum absolute atomic E-state index is 0.0341. The highest BCUT2D eigenvalue weighted by Gasteiger charge is 2.28. The highest BCUT2D eigenvalue weighted by atomic mass is 16.5. The molecule has 38 heavy (non-hydrogen) atoms. The van der Waals surface area contributed by atoms with Crippen LogP contribution in [0.1, 0.15) is 51.6 Å². The van der Waals surface area contributed by atoms with Gasteiger partial charge in [0.05, 0.1) is 6.61 Å². The summed E-state index contributed by atoms with van der Waals surface area (Å²) in [5, 5.41) is 15.6. The van der Waals surface area contributed by atoms with E-state index in [-0.39, 0.29) is 23.7 Å². The Morgan fingerprint density at radius 1 is 1.16 bits per heavy atom. The molecule has 0 radical (unpaired) electrons. The molecule has 2 N–H and O–H groups in total. The van der Waals surface area contributed by atoms with Crippen molar-refractivity contribution in [3.05, 3.63) is 47.4 Å². The summed E-state index contributed by atoms with van der Waals surface area (Å²) in [6, 6.07) is 10.5. The van der Waals surface area contributed by atoms with Crippen molar-refractivity contribution in [1.29, 1.82) is 5.26 Å². The molecule has 1 saturated heterocycles. The molecule has 1 aromatic carbocycles. The number of amides is 1. The number of nitriles is 1. The lowest BCUT2D eigenvalue weighted by atomic mass is 9.84. The molecule has 0 atom stereocenters. The molecule has 9 heteroatoms. The molecule has 206 valence electrons. The van der Waals surface area contributed by atoms with Crippen LogP contribution < -0.4 is 15.5 Å². The Labute approximate surface area is 227 Å². The summed E-state index contributed by atoms with van der Waals surface area (Å²) >= 11 is 0. The number of nitrogens with zero attached hydrogens (tertiary/aromatic N) is 5. The Morgan fingerprint density at radius 2 is 1.89 bits per heavy atom. The molecule has 0 aliphatic carbocycles. The van der Waals surface area contributed by atoms with Gasteiger partial charge in [-0.1, -0.05) is 46.8 Å². The van der Waals surface area contributed by atoms with Crippen LogP contribution in [0.15, 0.2) is 30.5 Å². The summed E-state index contributed by atoms with van der Waals surface area (Å²) in [5.74, 6) is 0.647. The summed E-state index contributed by atoms with van der Waals surface area (Å²) in [4.78, 5) is 26.5. The van der Waals surface area contributed by atoms with Crippen LogP contribution in [0.2, 0.25) is 0 Å². The summed E-state index contributed by atoms with van der Waals surface area (Å²) in [6.07, 6.45) is 2.24. The highest BCUT2D eigenvalue weighted by molar-refractivity contribution is 5.82. The second-order valence-electron chi connectivity index (χ2n) is 11.8. The summed E-state index contributed by atoms with van der Waals surface area (Å²) in [7, 11) is 1.74. The lowest BCUT2D eigenvalue weighted by Crippen LogP contribution is -2.47. The van der Waals surface area contributed by atoms with Crippen molar-refractivity contribution in [2.75, 3.05) is 63.2 Å². The smallest absolute Gasteiger partial charge is 0.234 e. The molecule has 3 rings (SSSR count). The molecule has 1 amide bonds. The first kappa shape index (κ1) is 29.3. The maximum atomic E-state index is 13.3. The third-order valence-electron chi connectivity index (χ3n) is 6.71. The van der Waals surface area contributed by atoms with Gasteiger partial charge >= 0.3 is 0 Å². The first-order valence-electron chi connectivity index (χ1n) is 13.3. The summed E-state index contributed by atoms with van der Waals surface area (Å²) in [5.41, 5.74) is 2.52. The van der Waals surface area contributed by atoms with Gasteiger partial charge in [0.15, 0.2) is 0 Å². The lowest BCUT2D eigenvalue weighted by molar-refractivity contribution is -0.129. The molecule has 1 fully saturated rings. The van der Waals surface area contributed by atoms with Gasteiger partial charge in [0.2, 0.25) is 11.7 Å². The third-order valence-corrected chi connectivity index (χ3v) is 6.71. The van der Waals surface area contributed by atoms with Crippen molar-refractivity contribution < 1.29 is 9.53 Å². The van der Waals surface area contributed by atoms with E-state index in [9.17, 15) is 10.1 Å². The van der Waals surface area contributed by atoms with Gasteiger partial charge in [0.1, 0.15) is 11.9 Å². The molecule has 9 nitrogen and oxygen atoms in total. The second kappa shape index (κ2) is 13.0. The molecule has 1 aromatic heterocycles. The van der Waals surface area contributed by atoms with E-state index in [0.717, 1.165) is 50.5 Å². The van der Waals surface area contributed by atoms with Crippen LogP contribution in [0.3, 0.4) is 0 Å². The number of benzene rings is 1. The fraction of sp³-hybridized carbons (Fsp3) is 0.586. The van der Waals surface area contributed by atoms with Crippen LogP contribution in [0.25, 0.3) is 0 Å². The third kappa shape index (κ3) is 8.67. The number of ether oxygens (including phenoxy) is 1. The van der Waals surface area contributed by atoms with Gasteiger partial charge in [0, 0.05) is 75.8 Å². The van der Waals surface area contributed by atoms with Crippen LogP contribution in [0.4, 0.5) is 11.5 Å². The Morgan fingerprint density at radius 3 is 2.55 bits per heavy atom. The minimum atomic E-state index is -0.607. The van der Waals surface area contributed by atoms with Crippen molar-refractivity contribution in [2.45, 2.75) is 47.6 Å². The van der Waals surface area contributed by atoms with Gasteiger partial charge in [-0.05, 0) is 29.5 Å². The second-order valence-corrected chi connectivity index (χ2v) is 11.8. The fourth-order valence-corrected chi connectivity index (χ4v) is 4.41. The quantitative estimate of drug-likeness (QED) is 0.463. The predicted molar refractivity (Wildman–Crippen MR) is 151 cm³/mol. The number of methoxy groups -OCH3 is 1. The number of anilines is 2. The lowest BCUT2D eigenvalue weighted by Gasteiger charge is -2.36. The normalized spacial score (nSPS) is 14.7. The Bertz CT molecular complexity index is 1110. The molecule has 0 unspecified atom stereocenters. The molecular formula is C29H43N7O2. The molecule has 0 bridgehead atoms. The number of carbonyl (C=O) groups is 1. The van der Waals surface area contributed by atoms with E-state index in [4.69, 9.17) is 4.74 Å². The number of hydrogen-bond acceptors (Lipinski definition) is 8. The Kier molecular flexibility index (Phi) is 10.1. The number of aromatic nitrogens is 2. The number of piperazine rings is 1. The monoisotopic (exact) mass is 521 g/mol. The first-order chi connectivity index (χ1) is 18.0. The molecular weight excluding hydrogens is 478 g/mol. The number of rotatable bonds is 11. The zero-order valence-electron chi connectivity index (χ0n) is 23.8. The molecule has 2 heterocycles. The summed E-state index contributed by atoms with van der Waals surface area (Å²) < 4.78 is 5.21. The van der Waals surface area contributed by atoms with Crippen LogP contribution >= 0.6 is 0 Å². The van der Waals surface area contributed by atoms with Gasteiger partial charge in [0.25, 0.3) is 0 Å². The van der Waals surface area contributed by atoms with Gasteiger partial charge in [-0.3, -0.25) is 9.69 Å². The summed E-state index contributed by atoms with van der Waals surface area (Å²) in [6.45, 7) is 17.0. The topological polar surface area (TPSA) is 106 Å². The highest BCUT2D eigenvalue weighted by Crippen LogP contribution is 2.26. The number of hydrogen-bond donors (Lipinski definition) is 2. The molecule has 0 saturated carbocycles. The van der Waals surface area contributed by atoms with E-state index in [1.54, 1.807) is 13.3 Å². The molecule has 0 spiro atoms. The van der Waals surface area contributed by atoms with Crippen LogP contribution in [0, 0.1) is 22.2 Å². The Balaban J connectivity index is 1.61. The molecule has 1 aliphatic rings. The van der Waals surface area contributed by atoms with E-state index < -0.39 is 5.41 Å². The van der Waals surface area contributed by atoms with Gasteiger partial charge < -0.3 is 20.3 Å². The van der Waals surface area contributed by atoms with Crippen molar-refractivity contribution in [3.63, 3.8) is 0 Å². The van der Waals surface area contributed by atoms with E-state index in [1.165, 1.54) is 5.69 Å². The van der Waals surface area contributed by atoms with Crippen molar-refractivity contribution in [2.24, 2.45) is 10.8 Å². The van der Waals surface area contributed by atoms with E-state index in [1.807, 2.05) is 19.9 Å². The molecule has 1 aliphatic heterocycles. The largest absolute Gasteiger partial charge is 0.383 e. The maximum Gasteiger partial charge on any atom is 0.234 e. The van der Waals surface area contributed by atoms with E-state index in [2.05, 4.69) is 75.4 Å². The van der Waals surface area contributed by atoms with Crippen molar-refractivity contribution in [3.8, 4) is 6.07 Å².